The largest absolute Gasteiger partial charge is 0.462 e. The molecule has 1 atom stereocenters. The van der Waals surface area contributed by atoms with Crippen LogP contribution in [0.5, 0.6) is 0 Å². The Morgan fingerprint density at radius 3 is 0.878 bits per heavy atom. The van der Waals surface area contributed by atoms with Crippen LogP contribution in [0, 0.1) is 0 Å². The van der Waals surface area contributed by atoms with E-state index in [9.17, 15) is 14.4 Å². The van der Waals surface area contributed by atoms with Crippen molar-refractivity contribution in [2.45, 2.75) is 303 Å². The first kappa shape index (κ1) is 70.3. The van der Waals surface area contributed by atoms with Crippen molar-refractivity contribution in [1.82, 2.24) is 0 Å². The number of ether oxygens (including phenoxy) is 3. The molecule has 0 amide bonds. The van der Waals surface area contributed by atoms with Gasteiger partial charge < -0.3 is 14.2 Å². The van der Waals surface area contributed by atoms with E-state index in [-0.39, 0.29) is 31.1 Å². The van der Waals surface area contributed by atoms with Crippen molar-refractivity contribution < 1.29 is 28.6 Å². The molecule has 0 fully saturated rings. The summed E-state index contributed by atoms with van der Waals surface area (Å²) in [6, 6.07) is 0. The average molecular weight is 1030 g/mol. The number of hydrogen-bond donors (Lipinski definition) is 0. The van der Waals surface area contributed by atoms with Crippen LogP contribution in [0.2, 0.25) is 0 Å². The van der Waals surface area contributed by atoms with Gasteiger partial charge in [0.05, 0.1) is 0 Å². The zero-order valence-corrected chi connectivity index (χ0v) is 48.6. The second kappa shape index (κ2) is 61.9. The van der Waals surface area contributed by atoms with E-state index < -0.39 is 6.10 Å². The molecule has 0 aliphatic heterocycles. The van der Waals surface area contributed by atoms with E-state index in [1.54, 1.807) is 0 Å². The van der Waals surface area contributed by atoms with Gasteiger partial charge in [-0.25, -0.2) is 0 Å². The van der Waals surface area contributed by atoms with Gasteiger partial charge in [0.25, 0.3) is 0 Å². The Kier molecular flexibility index (Phi) is 58.8. The third-order valence-corrected chi connectivity index (χ3v) is 13.3. The minimum atomic E-state index is -0.790. The molecule has 0 saturated heterocycles. The van der Waals surface area contributed by atoms with Crippen LogP contribution < -0.4 is 0 Å². The number of carbonyl (C=O) groups is 3. The molecule has 0 saturated carbocycles. The van der Waals surface area contributed by atoms with Crippen LogP contribution >= 0.6 is 0 Å². The highest BCUT2D eigenvalue weighted by Gasteiger charge is 2.19. The molecule has 0 aliphatic rings. The fraction of sp³-hybridized carbons (Fsp3) is 0.721. The second-order valence-electron chi connectivity index (χ2n) is 20.6. The molecule has 0 aliphatic carbocycles. The molecular formula is C68H116O6. The van der Waals surface area contributed by atoms with Crippen molar-refractivity contribution in [3.8, 4) is 0 Å². The summed E-state index contributed by atoms with van der Waals surface area (Å²) in [5.74, 6) is -0.905. The normalized spacial score (nSPS) is 12.7. The molecule has 1 unspecified atom stereocenters. The molecule has 0 aromatic carbocycles. The highest BCUT2D eigenvalue weighted by atomic mass is 16.6. The van der Waals surface area contributed by atoms with E-state index in [0.717, 1.165) is 141 Å². The number of unbranched alkanes of at least 4 members (excludes halogenated alkanes) is 29. The van der Waals surface area contributed by atoms with Gasteiger partial charge in [0.2, 0.25) is 0 Å². The van der Waals surface area contributed by atoms with E-state index >= 15 is 0 Å². The minimum Gasteiger partial charge on any atom is -0.462 e. The molecule has 0 aromatic rings. The van der Waals surface area contributed by atoms with Crippen molar-refractivity contribution in [2.24, 2.45) is 0 Å². The van der Waals surface area contributed by atoms with Gasteiger partial charge in [-0.15, -0.1) is 0 Å². The lowest BCUT2D eigenvalue weighted by Crippen LogP contribution is -2.30. The average Bonchev–Trinajstić information content (AvgIpc) is 3.40. The third-order valence-electron chi connectivity index (χ3n) is 13.3. The molecular weight excluding hydrogens is 913 g/mol. The summed E-state index contributed by atoms with van der Waals surface area (Å²) >= 11 is 0. The molecule has 6 nitrogen and oxygen atoms in total. The van der Waals surface area contributed by atoms with Gasteiger partial charge in [0, 0.05) is 19.3 Å². The summed E-state index contributed by atoms with van der Waals surface area (Å²) in [7, 11) is 0. The van der Waals surface area contributed by atoms with E-state index in [1.165, 1.54) is 116 Å². The zero-order valence-electron chi connectivity index (χ0n) is 48.6. The van der Waals surface area contributed by atoms with Crippen LogP contribution in [0.15, 0.2) is 97.2 Å². The van der Waals surface area contributed by atoms with Gasteiger partial charge in [-0.1, -0.05) is 279 Å². The summed E-state index contributed by atoms with van der Waals surface area (Å²) in [5.41, 5.74) is 0. The van der Waals surface area contributed by atoms with Crippen LogP contribution in [0.1, 0.15) is 297 Å². The summed E-state index contributed by atoms with van der Waals surface area (Å²) in [4.78, 5) is 38.3. The predicted molar refractivity (Wildman–Crippen MR) is 320 cm³/mol. The highest BCUT2D eigenvalue weighted by molar-refractivity contribution is 5.71. The van der Waals surface area contributed by atoms with Gasteiger partial charge in [0.1, 0.15) is 13.2 Å². The first-order valence-corrected chi connectivity index (χ1v) is 31.2. The van der Waals surface area contributed by atoms with Crippen LogP contribution in [-0.2, 0) is 28.6 Å². The lowest BCUT2D eigenvalue weighted by atomic mass is 10.0. The van der Waals surface area contributed by atoms with Gasteiger partial charge >= 0.3 is 17.9 Å². The quantitative estimate of drug-likeness (QED) is 0.0261. The Balaban J connectivity index is 4.36. The molecule has 0 N–H and O–H groups in total. The molecule has 0 heterocycles. The van der Waals surface area contributed by atoms with Gasteiger partial charge in [-0.05, 0) is 96.3 Å². The first-order valence-electron chi connectivity index (χ1n) is 31.2. The molecule has 0 spiro atoms. The monoisotopic (exact) mass is 1030 g/mol. The number of allylic oxidation sites excluding steroid dienone is 16. The number of rotatable bonds is 56. The van der Waals surface area contributed by atoms with Crippen molar-refractivity contribution in [3.63, 3.8) is 0 Å². The van der Waals surface area contributed by atoms with Crippen molar-refractivity contribution in [1.29, 1.82) is 0 Å². The minimum absolute atomic E-state index is 0.0878. The fourth-order valence-corrected chi connectivity index (χ4v) is 8.66. The molecule has 0 radical (unpaired) electrons. The summed E-state index contributed by atoms with van der Waals surface area (Å²) in [6.45, 7) is 6.46. The lowest BCUT2D eigenvalue weighted by Gasteiger charge is -2.18. The SMILES string of the molecule is CC/C=C\C/C=C\C/C=C\C/C=C\C/C=C\C/C=C\CCCCCCCCC(=O)OCC(COC(=O)CCCCCCC/C=C\C/C=C\CCC)OC(=O)CCCCCCCCCCCCCCCCCCCC. The van der Waals surface area contributed by atoms with E-state index in [0.29, 0.717) is 19.3 Å². The summed E-state index contributed by atoms with van der Waals surface area (Å²) in [5, 5.41) is 0. The lowest BCUT2D eigenvalue weighted by molar-refractivity contribution is -0.167. The maximum atomic E-state index is 12.9. The van der Waals surface area contributed by atoms with Crippen molar-refractivity contribution in [3.05, 3.63) is 97.2 Å². The third kappa shape index (κ3) is 59.2. The highest BCUT2D eigenvalue weighted by Crippen LogP contribution is 2.16. The first-order chi connectivity index (χ1) is 36.5. The Bertz CT molecular complexity index is 1460. The standard InChI is InChI=1S/C68H116O6/c1-4-7-10-13-16-19-22-25-27-29-31-32-33-34-35-36-37-39-40-43-46-49-52-55-58-61-67(70)73-64-65(63-72-66(69)60-57-54-51-48-45-42-24-21-18-15-12-9-6-3)74-68(71)62-59-56-53-50-47-44-41-38-30-28-26-23-20-17-14-11-8-5-2/h7,10,12,15-16,19,21,24-25,27,31-32,34-35,37,39,65H,4-6,8-9,11,13-14,17-18,20,22-23,26,28-30,33,36,38,40-64H2,1-3H3/b10-7-,15-12-,19-16-,24-21-,27-25-,32-31-,35-34-,39-37-. The molecule has 0 aromatic heterocycles. The van der Waals surface area contributed by atoms with Gasteiger partial charge in [-0.3, -0.25) is 14.4 Å². The van der Waals surface area contributed by atoms with Crippen LogP contribution in [-0.4, -0.2) is 37.2 Å². The van der Waals surface area contributed by atoms with Crippen LogP contribution in [0.4, 0.5) is 0 Å². The van der Waals surface area contributed by atoms with Crippen molar-refractivity contribution in [2.75, 3.05) is 13.2 Å². The number of esters is 3. The molecule has 6 heteroatoms. The van der Waals surface area contributed by atoms with Gasteiger partial charge in [0.15, 0.2) is 6.10 Å². The zero-order chi connectivity index (χ0) is 53.6. The molecule has 0 bridgehead atoms. The van der Waals surface area contributed by atoms with E-state index in [2.05, 4.69) is 118 Å². The fourth-order valence-electron chi connectivity index (χ4n) is 8.66. The summed E-state index contributed by atoms with van der Waals surface area (Å²) < 4.78 is 16.9. The summed E-state index contributed by atoms with van der Waals surface area (Å²) in [6.07, 6.45) is 82.6. The Morgan fingerprint density at radius 2 is 0.554 bits per heavy atom. The molecule has 74 heavy (non-hydrogen) atoms. The van der Waals surface area contributed by atoms with E-state index in [4.69, 9.17) is 14.2 Å². The van der Waals surface area contributed by atoms with Gasteiger partial charge in [-0.2, -0.15) is 0 Å². The maximum absolute atomic E-state index is 12.9. The maximum Gasteiger partial charge on any atom is 0.306 e. The Morgan fingerprint density at radius 1 is 0.284 bits per heavy atom. The Hall–Kier alpha value is -3.67. The smallest absolute Gasteiger partial charge is 0.306 e. The molecule has 424 valence electrons. The van der Waals surface area contributed by atoms with Crippen LogP contribution in [0.3, 0.4) is 0 Å². The number of hydrogen-bond acceptors (Lipinski definition) is 6. The Labute approximate surface area is 457 Å². The molecule has 0 rings (SSSR count). The number of carbonyl (C=O) groups excluding carboxylic acids is 3. The van der Waals surface area contributed by atoms with Crippen molar-refractivity contribution >= 4 is 17.9 Å². The second-order valence-corrected chi connectivity index (χ2v) is 20.6. The van der Waals surface area contributed by atoms with Crippen LogP contribution in [0.25, 0.3) is 0 Å². The van der Waals surface area contributed by atoms with E-state index in [1.807, 2.05) is 0 Å². The topological polar surface area (TPSA) is 78.9 Å². The predicted octanol–water partition coefficient (Wildman–Crippen LogP) is 21.3.